The third kappa shape index (κ3) is 2.29. The number of hydrogen-bond acceptors (Lipinski definition) is 3. The zero-order valence-electron chi connectivity index (χ0n) is 9.92. The van der Waals surface area contributed by atoms with E-state index in [-0.39, 0.29) is 0 Å². The number of methoxy groups -OCH3 is 1. The highest BCUT2D eigenvalue weighted by molar-refractivity contribution is 5.41. The number of pyridine rings is 1. The molecule has 2 aromatic rings. The van der Waals surface area contributed by atoms with Crippen molar-refractivity contribution in [1.29, 1.82) is 0 Å². The average molecular weight is 229 g/mol. The predicted molar refractivity (Wildman–Crippen MR) is 66.0 cm³/mol. The molecule has 0 amide bonds. The average Bonchev–Trinajstić information content (AvgIpc) is 2.38. The summed E-state index contributed by atoms with van der Waals surface area (Å²) >= 11 is 0. The molecule has 1 atom stereocenters. The third-order valence-electron chi connectivity index (χ3n) is 2.79. The van der Waals surface area contributed by atoms with E-state index in [9.17, 15) is 5.11 Å². The van der Waals surface area contributed by atoms with Crippen LogP contribution < -0.4 is 4.74 Å². The molecular weight excluding hydrogens is 214 g/mol. The minimum Gasteiger partial charge on any atom is -0.496 e. The Kier molecular flexibility index (Phi) is 3.40. The molecule has 0 aliphatic heterocycles. The molecule has 0 radical (unpaired) electrons. The van der Waals surface area contributed by atoms with Crippen LogP contribution >= 0.6 is 0 Å². The van der Waals surface area contributed by atoms with Gasteiger partial charge in [-0.3, -0.25) is 4.98 Å². The molecule has 17 heavy (non-hydrogen) atoms. The van der Waals surface area contributed by atoms with Crippen molar-refractivity contribution in [2.45, 2.75) is 13.0 Å². The van der Waals surface area contributed by atoms with E-state index < -0.39 is 6.10 Å². The standard InChI is InChI=1S/C14H15NO2/c1-10-9-15-8-7-11(10)14(16)12-5-3-4-6-13(12)17-2/h3-9,14,16H,1-2H3. The first-order valence-corrected chi connectivity index (χ1v) is 5.45. The minimum absolute atomic E-state index is 0.686. The van der Waals surface area contributed by atoms with Crippen LogP contribution in [-0.4, -0.2) is 17.2 Å². The van der Waals surface area contributed by atoms with Crippen molar-refractivity contribution in [3.8, 4) is 5.75 Å². The van der Waals surface area contributed by atoms with Gasteiger partial charge >= 0.3 is 0 Å². The second-order valence-corrected chi connectivity index (χ2v) is 3.88. The molecule has 1 aromatic carbocycles. The topological polar surface area (TPSA) is 42.4 Å². The lowest BCUT2D eigenvalue weighted by Crippen LogP contribution is -2.04. The molecule has 0 spiro atoms. The number of para-hydroxylation sites is 1. The van der Waals surface area contributed by atoms with Crippen molar-refractivity contribution >= 4 is 0 Å². The Labute approximate surface area is 101 Å². The zero-order chi connectivity index (χ0) is 12.3. The molecule has 0 fully saturated rings. The maximum atomic E-state index is 10.4. The summed E-state index contributed by atoms with van der Waals surface area (Å²) in [6, 6.07) is 9.30. The second kappa shape index (κ2) is 4.97. The molecule has 88 valence electrons. The molecule has 3 nitrogen and oxygen atoms in total. The highest BCUT2D eigenvalue weighted by atomic mass is 16.5. The number of benzene rings is 1. The first kappa shape index (κ1) is 11.6. The van der Waals surface area contributed by atoms with Gasteiger partial charge in [0, 0.05) is 18.0 Å². The smallest absolute Gasteiger partial charge is 0.125 e. The van der Waals surface area contributed by atoms with Crippen LogP contribution in [0.1, 0.15) is 22.8 Å². The molecule has 0 saturated heterocycles. The van der Waals surface area contributed by atoms with Crippen LogP contribution in [0.4, 0.5) is 0 Å². The summed E-state index contributed by atoms with van der Waals surface area (Å²) in [5.74, 6) is 0.691. The molecule has 0 bridgehead atoms. The van der Waals surface area contributed by atoms with Gasteiger partial charge in [-0.1, -0.05) is 18.2 Å². The van der Waals surface area contributed by atoms with Crippen molar-refractivity contribution in [3.05, 3.63) is 59.4 Å². The number of aromatic nitrogens is 1. The summed E-state index contributed by atoms with van der Waals surface area (Å²) < 4.78 is 5.25. The van der Waals surface area contributed by atoms with Gasteiger partial charge in [-0.2, -0.15) is 0 Å². The summed E-state index contributed by atoms with van der Waals surface area (Å²) in [5, 5.41) is 10.4. The Bertz CT molecular complexity index is 511. The molecule has 0 saturated carbocycles. The molecule has 3 heteroatoms. The third-order valence-corrected chi connectivity index (χ3v) is 2.79. The quantitative estimate of drug-likeness (QED) is 0.879. The lowest BCUT2D eigenvalue weighted by Gasteiger charge is -2.16. The number of aliphatic hydroxyl groups excluding tert-OH is 1. The number of aryl methyl sites for hydroxylation is 1. The fourth-order valence-corrected chi connectivity index (χ4v) is 1.85. The molecule has 1 heterocycles. The van der Waals surface area contributed by atoms with Gasteiger partial charge in [0.05, 0.1) is 7.11 Å². The summed E-state index contributed by atoms with van der Waals surface area (Å²) in [6.45, 7) is 1.93. The lowest BCUT2D eigenvalue weighted by molar-refractivity contribution is 0.214. The largest absolute Gasteiger partial charge is 0.496 e. The molecular formula is C14H15NO2. The Hall–Kier alpha value is -1.87. The first-order chi connectivity index (χ1) is 8.24. The van der Waals surface area contributed by atoms with Crippen molar-refractivity contribution in [3.63, 3.8) is 0 Å². The van der Waals surface area contributed by atoms with Crippen molar-refractivity contribution < 1.29 is 9.84 Å². The van der Waals surface area contributed by atoms with Crippen molar-refractivity contribution in [2.75, 3.05) is 7.11 Å². The summed E-state index contributed by atoms with van der Waals surface area (Å²) in [6.07, 6.45) is 2.74. The Balaban J connectivity index is 2.44. The molecule has 1 aromatic heterocycles. The summed E-state index contributed by atoms with van der Waals surface area (Å²) in [7, 11) is 1.60. The van der Waals surface area contributed by atoms with Gasteiger partial charge in [0.25, 0.3) is 0 Å². The number of nitrogens with zero attached hydrogens (tertiary/aromatic N) is 1. The summed E-state index contributed by atoms with van der Waals surface area (Å²) in [5.41, 5.74) is 2.58. The van der Waals surface area contributed by atoms with Crippen LogP contribution in [0.25, 0.3) is 0 Å². The molecule has 0 aliphatic rings. The lowest BCUT2D eigenvalue weighted by atomic mass is 9.98. The number of aliphatic hydroxyl groups is 1. The SMILES string of the molecule is COc1ccccc1C(O)c1ccncc1C. The maximum absolute atomic E-state index is 10.4. The molecule has 2 rings (SSSR count). The van der Waals surface area contributed by atoms with Gasteiger partial charge in [0.1, 0.15) is 11.9 Å². The van der Waals surface area contributed by atoms with Crippen LogP contribution in [-0.2, 0) is 0 Å². The minimum atomic E-state index is -0.686. The highest BCUT2D eigenvalue weighted by Gasteiger charge is 2.16. The Morgan fingerprint density at radius 1 is 1.18 bits per heavy atom. The van der Waals surface area contributed by atoms with Crippen LogP contribution in [0.15, 0.2) is 42.7 Å². The zero-order valence-corrected chi connectivity index (χ0v) is 9.92. The van der Waals surface area contributed by atoms with Gasteiger partial charge in [0.15, 0.2) is 0 Å². The Morgan fingerprint density at radius 3 is 2.65 bits per heavy atom. The fraction of sp³-hybridized carbons (Fsp3) is 0.214. The van der Waals surface area contributed by atoms with E-state index >= 15 is 0 Å². The monoisotopic (exact) mass is 229 g/mol. The van der Waals surface area contributed by atoms with Crippen LogP contribution in [0, 0.1) is 6.92 Å². The van der Waals surface area contributed by atoms with Gasteiger partial charge in [0.2, 0.25) is 0 Å². The molecule has 1 unspecified atom stereocenters. The van der Waals surface area contributed by atoms with Crippen molar-refractivity contribution in [1.82, 2.24) is 4.98 Å². The number of rotatable bonds is 3. The van der Waals surface area contributed by atoms with Gasteiger partial charge in [-0.15, -0.1) is 0 Å². The van der Waals surface area contributed by atoms with Gasteiger partial charge in [-0.25, -0.2) is 0 Å². The van der Waals surface area contributed by atoms with Gasteiger partial charge in [-0.05, 0) is 30.2 Å². The van der Waals surface area contributed by atoms with Crippen LogP contribution in [0.5, 0.6) is 5.75 Å². The van der Waals surface area contributed by atoms with E-state index in [0.29, 0.717) is 5.75 Å². The van der Waals surface area contributed by atoms with Gasteiger partial charge < -0.3 is 9.84 Å². The van der Waals surface area contributed by atoms with E-state index in [0.717, 1.165) is 16.7 Å². The highest BCUT2D eigenvalue weighted by Crippen LogP contribution is 2.30. The molecule has 1 N–H and O–H groups in total. The van der Waals surface area contributed by atoms with Crippen molar-refractivity contribution in [2.24, 2.45) is 0 Å². The van der Waals surface area contributed by atoms with Crippen LogP contribution in [0.2, 0.25) is 0 Å². The second-order valence-electron chi connectivity index (χ2n) is 3.88. The fourth-order valence-electron chi connectivity index (χ4n) is 1.85. The van der Waals surface area contributed by atoms with E-state index in [1.165, 1.54) is 0 Å². The van der Waals surface area contributed by atoms with E-state index in [2.05, 4.69) is 4.98 Å². The van der Waals surface area contributed by atoms with E-state index in [1.54, 1.807) is 19.5 Å². The summed E-state index contributed by atoms with van der Waals surface area (Å²) in [4.78, 5) is 4.02. The normalized spacial score (nSPS) is 12.2. The van der Waals surface area contributed by atoms with E-state index in [1.807, 2.05) is 37.3 Å². The maximum Gasteiger partial charge on any atom is 0.125 e. The number of hydrogen-bond donors (Lipinski definition) is 1. The van der Waals surface area contributed by atoms with Crippen LogP contribution in [0.3, 0.4) is 0 Å². The molecule has 0 aliphatic carbocycles. The first-order valence-electron chi connectivity index (χ1n) is 5.45. The predicted octanol–water partition coefficient (Wildman–Crippen LogP) is 2.48. The Morgan fingerprint density at radius 2 is 1.94 bits per heavy atom. The van der Waals surface area contributed by atoms with E-state index in [4.69, 9.17) is 4.74 Å². The number of ether oxygens (including phenoxy) is 1.